The van der Waals surface area contributed by atoms with E-state index in [1.54, 1.807) is 18.7 Å². The average molecular weight is 224 g/mol. The van der Waals surface area contributed by atoms with Gasteiger partial charge in [0.15, 0.2) is 6.29 Å². The first-order chi connectivity index (χ1) is 7.20. The Balaban J connectivity index is 2.95. The number of carbonyl (C=O) groups is 1. The van der Waals surface area contributed by atoms with Gasteiger partial charge in [0.2, 0.25) is 0 Å². The molecule has 1 aromatic carbocycles. The van der Waals surface area contributed by atoms with Crippen LogP contribution in [-0.4, -0.2) is 18.0 Å². The van der Waals surface area contributed by atoms with Gasteiger partial charge in [-0.05, 0) is 6.07 Å². The summed E-state index contributed by atoms with van der Waals surface area (Å²) in [6.45, 7) is 0. The van der Waals surface area contributed by atoms with Gasteiger partial charge in [0.05, 0.1) is 18.2 Å². The van der Waals surface area contributed by atoms with Gasteiger partial charge in [-0.2, -0.15) is 0 Å². The van der Waals surface area contributed by atoms with Crippen molar-refractivity contribution in [2.45, 2.75) is 0 Å². The zero-order chi connectivity index (χ0) is 11.0. The average Bonchev–Trinajstić information content (AvgIpc) is 2.51. The second-order valence-electron chi connectivity index (χ2n) is 3.24. The molecule has 0 atom stereocenters. The molecule has 15 heavy (non-hydrogen) atoms. The maximum absolute atomic E-state index is 10.9. The molecule has 2 rings (SSSR count). The highest BCUT2D eigenvalue weighted by Crippen LogP contribution is 2.33. The molecule has 0 aliphatic rings. The molecule has 0 amide bonds. The summed E-state index contributed by atoms with van der Waals surface area (Å²) in [4.78, 5) is 10.9. The fourth-order valence-corrected chi connectivity index (χ4v) is 1.98. The molecular formula is C11H10ClNO2. The molecule has 3 nitrogen and oxygen atoms in total. The molecule has 0 fully saturated rings. The van der Waals surface area contributed by atoms with Crippen molar-refractivity contribution in [2.75, 3.05) is 7.11 Å². The minimum Gasteiger partial charge on any atom is -0.495 e. The number of aryl methyl sites for hydroxylation is 1. The minimum atomic E-state index is 0.435. The lowest BCUT2D eigenvalue weighted by Crippen LogP contribution is -1.91. The molecule has 0 saturated heterocycles. The molecule has 0 radical (unpaired) electrons. The molecule has 4 heteroatoms. The molecule has 0 spiro atoms. The number of aldehydes is 1. The zero-order valence-electron chi connectivity index (χ0n) is 8.45. The van der Waals surface area contributed by atoms with Gasteiger partial charge in [0.25, 0.3) is 0 Å². The largest absolute Gasteiger partial charge is 0.495 e. The van der Waals surface area contributed by atoms with E-state index >= 15 is 0 Å². The Bertz CT molecular complexity index is 531. The van der Waals surface area contributed by atoms with E-state index in [0.29, 0.717) is 16.5 Å². The Morgan fingerprint density at radius 1 is 1.47 bits per heavy atom. The highest BCUT2D eigenvalue weighted by Gasteiger charge is 2.15. The lowest BCUT2D eigenvalue weighted by molar-refractivity contribution is 0.112. The number of rotatable bonds is 2. The molecule has 78 valence electrons. The van der Waals surface area contributed by atoms with Crippen LogP contribution in [0.3, 0.4) is 0 Å². The third kappa shape index (κ3) is 1.31. The van der Waals surface area contributed by atoms with E-state index in [9.17, 15) is 4.79 Å². The van der Waals surface area contributed by atoms with E-state index in [-0.39, 0.29) is 0 Å². The zero-order valence-corrected chi connectivity index (χ0v) is 9.21. The quantitative estimate of drug-likeness (QED) is 0.733. The molecule has 2 aromatic rings. The molecule has 0 bridgehead atoms. The first kappa shape index (κ1) is 10.1. The summed E-state index contributed by atoms with van der Waals surface area (Å²) in [6.07, 6.45) is 0.768. The van der Waals surface area contributed by atoms with Crippen LogP contribution in [-0.2, 0) is 7.05 Å². The van der Waals surface area contributed by atoms with E-state index < -0.39 is 0 Å². The first-order valence-electron chi connectivity index (χ1n) is 4.46. The maximum atomic E-state index is 10.9. The van der Waals surface area contributed by atoms with Crippen LogP contribution < -0.4 is 4.74 Å². The van der Waals surface area contributed by atoms with Crippen molar-refractivity contribution < 1.29 is 9.53 Å². The maximum Gasteiger partial charge on any atom is 0.153 e. The van der Waals surface area contributed by atoms with Gasteiger partial charge in [-0.15, -0.1) is 0 Å². The highest BCUT2D eigenvalue weighted by molar-refractivity contribution is 6.34. The molecule has 1 aromatic heterocycles. The first-order valence-corrected chi connectivity index (χ1v) is 4.84. The number of benzene rings is 1. The Morgan fingerprint density at radius 3 is 2.80 bits per heavy atom. The van der Waals surface area contributed by atoms with Crippen LogP contribution in [0.5, 0.6) is 5.75 Å². The van der Waals surface area contributed by atoms with Crippen molar-refractivity contribution >= 4 is 28.8 Å². The minimum absolute atomic E-state index is 0.435. The Morgan fingerprint density at radius 2 is 2.20 bits per heavy atom. The Kier molecular flexibility index (Phi) is 2.40. The van der Waals surface area contributed by atoms with Gasteiger partial charge < -0.3 is 9.30 Å². The molecule has 0 N–H and O–H groups in total. The van der Waals surface area contributed by atoms with E-state index in [1.165, 1.54) is 0 Å². The number of hydrogen-bond donors (Lipinski definition) is 0. The van der Waals surface area contributed by atoms with E-state index in [4.69, 9.17) is 16.3 Å². The van der Waals surface area contributed by atoms with Gasteiger partial charge >= 0.3 is 0 Å². The molecular weight excluding hydrogens is 214 g/mol. The Hall–Kier alpha value is -1.48. The van der Waals surface area contributed by atoms with E-state index in [1.807, 2.05) is 18.2 Å². The third-order valence-electron chi connectivity index (χ3n) is 2.48. The molecule has 0 saturated carbocycles. The predicted molar refractivity (Wildman–Crippen MR) is 59.9 cm³/mol. The summed E-state index contributed by atoms with van der Waals surface area (Å²) < 4.78 is 6.98. The SMILES string of the molecule is COc1cccc2c(C=O)c(Cl)n(C)c12. The smallest absolute Gasteiger partial charge is 0.153 e. The van der Waals surface area contributed by atoms with Crippen molar-refractivity contribution in [2.24, 2.45) is 7.05 Å². The van der Waals surface area contributed by atoms with Crippen molar-refractivity contribution in [1.29, 1.82) is 0 Å². The van der Waals surface area contributed by atoms with E-state index in [2.05, 4.69) is 0 Å². The van der Waals surface area contributed by atoms with Crippen LogP contribution in [0.25, 0.3) is 10.9 Å². The number of carbonyl (C=O) groups excluding carboxylic acids is 1. The summed E-state index contributed by atoms with van der Waals surface area (Å²) in [5.41, 5.74) is 1.35. The number of halogens is 1. The van der Waals surface area contributed by atoms with Gasteiger partial charge in [0.1, 0.15) is 10.9 Å². The predicted octanol–water partition coefficient (Wildman–Crippen LogP) is 2.65. The van der Waals surface area contributed by atoms with Crippen LogP contribution >= 0.6 is 11.6 Å². The molecule has 0 aliphatic carbocycles. The van der Waals surface area contributed by atoms with Gasteiger partial charge in [-0.25, -0.2) is 0 Å². The number of fused-ring (bicyclic) bond motifs is 1. The summed E-state index contributed by atoms with van der Waals surface area (Å²) in [5, 5.41) is 1.25. The normalized spacial score (nSPS) is 10.6. The van der Waals surface area contributed by atoms with Crippen molar-refractivity contribution in [3.05, 3.63) is 28.9 Å². The van der Waals surface area contributed by atoms with Crippen LogP contribution in [0.2, 0.25) is 5.15 Å². The van der Waals surface area contributed by atoms with Crippen molar-refractivity contribution in [3.63, 3.8) is 0 Å². The van der Waals surface area contributed by atoms with Gasteiger partial charge in [0, 0.05) is 12.4 Å². The number of para-hydroxylation sites is 1. The van der Waals surface area contributed by atoms with E-state index in [0.717, 1.165) is 17.2 Å². The van der Waals surface area contributed by atoms with Gasteiger partial charge in [-0.1, -0.05) is 23.7 Å². The number of methoxy groups -OCH3 is 1. The summed E-state index contributed by atoms with van der Waals surface area (Å²) in [6, 6.07) is 5.53. The summed E-state index contributed by atoms with van der Waals surface area (Å²) in [5.74, 6) is 0.713. The molecule has 1 heterocycles. The number of aromatic nitrogens is 1. The summed E-state index contributed by atoms with van der Waals surface area (Å²) >= 11 is 6.04. The van der Waals surface area contributed by atoms with Crippen molar-refractivity contribution in [1.82, 2.24) is 4.57 Å². The number of nitrogens with zero attached hydrogens (tertiary/aromatic N) is 1. The van der Waals surface area contributed by atoms with Crippen LogP contribution in [0.1, 0.15) is 10.4 Å². The van der Waals surface area contributed by atoms with Crippen molar-refractivity contribution in [3.8, 4) is 5.75 Å². The fourth-order valence-electron chi connectivity index (χ4n) is 1.75. The number of hydrogen-bond acceptors (Lipinski definition) is 2. The molecule has 0 unspecified atom stereocenters. The second-order valence-corrected chi connectivity index (χ2v) is 3.60. The highest BCUT2D eigenvalue weighted by atomic mass is 35.5. The van der Waals surface area contributed by atoms with Crippen LogP contribution in [0.15, 0.2) is 18.2 Å². The van der Waals surface area contributed by atoms with Crippen LogP contribution in [0.4, 0.5) is 0 Å². The Labute approximate surface area is 92.2 Å². The monoisotopic (exact) mass is 223 g/mol. The fraction of sp³-hybridized carbons (Fsp3) is 0.182. The van der Waals surface area contributed by atoms with Gasteiger partial charge in [-0.3, -0.25) is 4.79 Å². The third-order valence-corrected chi connectivity index (χ3v) is 2.94. The second kappa shape index (κ2) is 3.59. The lowest BCUT2D eigenvalue weighted by atomic mass is 10.2. The topological polar surface area (TPSA) is 31.2 Å². The standard InChI is InChI=1S/C11H10ClNO2/c1-13-10-7(8(6-14)11(13)12)4-3-5-9(10)15-2/h3-6H,1-2H3. The number of ether oxygens (including phenoxy) is 1. The molecule has 0 aliphatic heterocycles. The summed E-state index contributed by atoms with van der Waals surface area (Å²) in [7, 11) is 3.40. The lowest BCUT2D eigenvalue weighted by Gasteiger charge is -2.03. The van der Waals surface area contributed by atoms with Crippen LogP contribution in [0, 0.1) is 0 Å².